The van der Waals surface area contributed by atoms with E-state index in [1.807, 2.05) is 6.07 Å². The zero-order valence-electron chi connectivity index (χ0n) is 10.2. The molecule has 3 nitrogen and oxygen atoms in total. The molecule has 1 aliphatic rings. The van der Waals surface area contributed by atoms with Crippen molar-refractivity contribution in [3.05, 3.63) is 23.6 Å². The first-order chi connectivity index (χ1) is 9.01. The van der Waals surface area contributed by atoms with Gasteiger partial charge in [-0.25, -0.2) is 4.98 Å². The van der Waals surface area contributed by atoms with Crippen LogP contribution in [-0.4, -0.2) is 17.7 Å². The lowest BCUT2D eigenvalue weighted by molar-refractivity contribution is -0.130. The lowest BCUT2D eigenvalue weighted by atomic mass is 10.1. The van der Waals surface area contributed by atoms with Gasteiger partial charge in [0.2, 0.25) is 5.89 Å². The van der Waals surface area contributed by atoms with Gasteiger partial charge in [0.25, 0.3) is 0 Å². The molecule has 0 atom stereocenters. The van der Waals surface area contributed by atoms with Gasteiger partial charge in [0.1, 0.15) is 11.9 Å². The normalized spacial score (nSPS) is 15.9. The zero-order chi connectivity index (χ0) is 13.5. The number of anilines is 1. The molecule has 2 aromatic rings. The van der Waals surface area contributed by atoms with Gasteiger partial charge in [-0.3, -0.25) is 0 Å². The fraction of sp³-hybridized carbons (Fsp3) is 0.462. The second kappa shape index (κ2) is 4.43. The molecule has 102 valence electrons. The summed E-state index contributed by atoms with van der Waals surface area (Å²) in [6, 6.07) is 3.58. The molecule has 0 bridgehead atoms. The first kappa shape index (κ1) is 12.3. The highest BCUT2D eigenvalue weighted by Crippen LogP contribution is 2.29. The van der Waals surface area contributed by atoms with E-state index in [0.717, 1.165) is 37.1 Å². The Bertz CT molecular complexity index is 561. The van der Waals surface area contributed by atoms with Crippen LogP contribution in [0.3, 0.4) is 0 Å². The SMILES string of the molecule is FC(F)(F)Cc1nc2cc3c(cc2o1)NCCCC3. The molecule has 0 radical (unpaired) electrons. The van der Waals surface area contributed by atoms with Crippen LogP contribution >= 0.6 is 0 Å². The minimum atomic E-state index is -4.30. The van der Waals surface area contributed by atoms with E-state index in [0.29, 0.717) is 11.1 Å². The summed E-state index contributed by atoms with van der Waals surface area (Å²) in [4.78, 5) is 3.92. The lowest BCUT2D eigenvalue weighted by Gasteiger charge is -2.05. The number of alkyl halides is 3. The molecule has 6 heteroatoms. The van der Waals surface area contributed by atoms with Crippen molar-refractivity contribution in [3.63, 3.8) is 0 Å². The van der Waals surface area contributed by atoms with E-state index in [9.17, 15) is 13.2 Å². The Balaban J connectivity index is 1.99. The van der Waals surface area contributed by atoms with Crippen molar-refractivity contribution in [1.82, 2.24) is 4.98 Å². The van der Waals surface area contributed by atoms with E-state index < -0.39 is 12.6 Å². The molecule has 1 aromatic heterocycles. The molecule has 19 heavy (non-hydrogen) atoms. The first-order valence-corrected chi connectivity index (χ1v) is 6.24. The second-order valence-corrected chi connectivity index (χ2v) is 4.76. The van der Waals surface area contributed by atoms with Crippen molar-refractivity contribution in [2.75, 3.05) is 11.9 Å². The molecule has 0 aliphatic carbocycles. The van der Waals surface area contributed by atoms with Gasteiger partial charge in [-0.05, 0) is 30.9 Å². The molecule has 0 fully saturated rings. The summed E-state index contributed by atoms with van der Waals surface area (Å²) in [5, 5.41) is 3.26. The standard InChI is InChI=1S/C13H13F3N2O/c14-13(15,16)7-12-18-10-5-8-3-1-2-4-17-9(8)6-11(10)19-12/h5-6,17H,1-4,7H2. The van der Waals surface area contributed by atoms with Crippen LogP contribution in [0.1, 0.15) is 24.3 Å². The van der Waals surface area contributed by atoms with Gasteiger partial charge >= 0.3 is 6.18 Å². The van der Waals surface area contributed by atoms with Crippen LogP contribution in [0.4, 0.5) is 18.9 Å². The van der Waals surface area contributed by atoms with Crippen molar-refractivity contribution in [3.8, 4) is 0 Å². The molecule has 1 N–H and O–H groups in total. The predicted molar refractivity (Wildman–Crippen MR) is 65.2 cm³/mol. The molecule has 3 rings (SSSR count). The molecule has 0 unspecified atom stereocenters. The van der Waals surface area contributed by atoms with Crippen LogP contribution < -0.4 is 5.32 Å². The Morgan fingerprint density at radius 3 is 2.89 bits per heavy atom. The average Bonchev–Trinajstić information content (AvgIpc) is 2.53. The minimum absolute atomic E-state index is 0.275. The van der Waals surface area contributed by atoms with Crippen molar-refractivity contribution in [2.45, 2.75) is 31.9 Å². The van der Waals surface area contributed by atoms with Crippen molar-refractivity contribution < 1.29 is 17.6 Å². The number of oxazole rings is 1. The molecule has 0 saturated heterocycles. The van der Waals surface area contributed by atoms with Gasteiger partial charge in [-0.2, -0.15) is 13.2 Å². The van der Waals surface area contributed by atoms with Crippen molar-refractivity contribution in [1.29, 1.82) is 0 Å². The zero-order valence-corrected chi connectivity index (χ0v) is 10.2. The van der Waals surface area contributed by atoms with Crippen molar-refractivity contribution in [2.24, 2.45) is 0 Å². The van der Waals surface area contributed by atoms with Gasteiger partial charge in [-0.15, -0.1) is 0 Å². The summed E-state index contributed by atoms with van der Waals surface area (Å²) in [5.74, 6) is -0.275. The van der Waals surface area contributed by atoms with Crippen LogP contribution in [0.15, 0.2) is 16.5 Å². The van der Waals surface area contributed by atoms with Gasteiger partial charge in [0.15, 0.2) is 5.58 Å². The monoisotopic (exact) mass is 270 g/mol. The van der Waals surface area contributed by atoms with Crippen molar-refractivity contribution >= 4 is 16.8 Å². The van der Waals surface area contributed by atoms with E-state index >= 15 is 0 Å². The summed E-state index contributed by atoms with van der Waals surface area (Å²) < 4.78 is 42.1. The number of benzene rings is 1. The number of halogens is 3. The van der Waals surface area contributed by atoms with Crippen LogP contribution in [0.5, 0.6) is 0 Å². The molecule has 0 saturated carbocycles. The fourth-order valence-corrected chi connectivity index (χ4v) is 2.35. The molecule has 1 aliphatic heterocycles. The van der Waals surface area contributed by atoms with E-state index in [1.54, 1.807) is 6.07 Å². The van der Waals surface area contributed by atoms with Gasteiger partial charge < -0.3 is 9.73 Å². The number of fused-ring (bicyclic) bond motifs is 2. The summed E-state index contributed by atoms with van der Waals surface area (Å²) in [7, 11) is 0. The highest BCUT2D eigenvalue weighted by Gasteiger charge is 2.30. The summed E-state index contributed by atoms with van der Waals surface area (Å²) in [6.07, 6.45) is -2.35. The molecule has 1 aromatic carbocycles. The fourth-order valence-electron chi connectivity index (χ4n) is 2.35. The Kier molecular flexibility index (Phi) is 2.88. The Labute approximate surface area is 107 Å². The Hall–Kier alpha value is -1.72. The summed E-state index contributed by atoms with van der Waals surface area (Å²) in [6.45, 7) is 0.877. The predicted octanol–water partition coefficient (Wildman–Crippen LogP) is 3.68. The number of aryl methyl sites for hydroxylation is 1. The largest absolute Gasteiger partial charge is 0.440 e. The van der Waals surface area contributed by atoms with E-state index in [2.05, 4.69) is 10.3 Å². The molecule has 0 spiro atoms. The average molecular weight is 270 g/mol. The second-order valence-electron chi connectivity index (χ2n) is 4.76. The molecule has 2 heterocycles. The maximum absolute atomic E-state index is 12.3. The maximum atomic E-state index is 12.3. The Morgan fingerprint density at radius 2 is 2.11 bits per heavy atom. The third-order valence-corrected chi connectivity index (χ3v) is 3.20. The minimum Gasteiger partial charge on any atom is -0.440 e. The number of aromatic nitrogens is 1. The molecule has 0 amide bonds. The van der Waals surface area contributed by atoms with Crippen LogP contribution in [0.25, 0.3) is 11.1 Å². The van der Waals surface area contributed by atoms with Crippen LogP contribution in [0, 0.1) is 0 Å². The number of nitrogens with one attached hydrogen (secondary N) is 1. The lowest BCUT2D eigenvalue weighted by Crippen LogP contribution is -2.11. The Morgan fingerprint density at radius 1 is 1.26 bits per heavy atom. The smallest absolute Gasteiger partial charge is 0.397 e. The molecular weight excluding hydrogens is 257 g/mol. The summed E-state index contributed by atoms with van der Waals surface area (Å²) in [5.41, 5.74) is 2.95. The quantitative estimate of drug-likeness (QED) is 0.859. The summed E-state index contributed by atoms with van der Waals surface area (Å²) >= 11 is 0. The van der Waals surface area contributed by atoms with E-state index in [4.69, 9.17) is 4.42 Å². The highest BCUT2D eigenvalue weighted by molar-refractivity contribution is 5.79. The number of nitrogens with zero attached hydrogens (tertiary/aromatic N) is 1. The topological polar surface area (TPSA) is 38.1 Å². The highest BCUT2D eigenvalue weighted by atomic mass is 19.4. The third-order valence-electron chi connectivity index (χ3n) is 3.20. The van der Waals surface area contributed by atoms with Crippen LogP contribution in [0.2, 0.25) is 0 Å². The van der Waals surface area contributed by atoms with E-state index in [1.165, 1.54) is 0 Å². The number of hydrogen-bond acceptors (Lipinski definition) is 3. The van der Waals surface area contributed by atoms with E-state index in [-0.39, 0.29) is 5.89 Å². The number of hydrogen-bond donors (Lipinski definition) is 1. The third kappa shape index (κ3) is 2.67. The van der Waals surface area contributed by atoms with Gasteiger partial charge in [0.05, 0.1) is 0 Å². The van der Waals surface area contributed by atoms with Gasteiger partial charge in [-0.1, -0.05) is 0 Å². The first-order valence-electron chi connectivity index (χ1n) is 6.24. The van der Waals surface area contributed by atoms with Gasteiger partial charge in [0, 0.05) is 18.3 Å². The molecular formula is C13H13F3N2O. The van der Waals surface area contributed by atoms with Crippen LogP contribution in [-0.2, 0) is 12.8 Å². The maximum Gasteiger partial charge on any atom is 0.397 e. The number of rotatable bonds is 1.